The van der Waals surface area contributed by atoms with Crippen LogP contribution in [0.25, 0.3) is 0 Å². The third-order valence-electron chi connectivity index (χ3n) is 2.91. The van der Waals surface area contributed by atoms with Crippen molar-refractivity contribution in [2.45, 2.75) is 24.8 Å². The molecule has 21 heavy (non-hydrogen) atoms. The quantitative estimate of drug-likeness (QED) is 0.813. The first-order valence-corrected chi connectivity index (χ1v) is 8.01. The number of hydrogen-bond donors (Lipinski definition) is 2. The molecular formula is C12H18N6O2S. The van der Waals surface area contributed by atoms with Gasteiger partial charge in [-0.2, -0.15) is 4.80 Å². The van der Waals surface area contributed by atoms with E-state index in [0.717, 1.165) is 12.1 Å². The third-order valence-corrected chi connectivity index (χ3v) is 4.24. The Labute approximate surface area is 123 Å². The minimum Gasteiger partial charge on any atom is -0.310 e. The van der Waals surface area contributed by atoms with Gasteiger partial charge in [-0.25, -0.2) is 13.1 Å². The molecule has 1 aromatic heterocycles. The van der Waals surface area contributed by atoms with Crippen molar-refractivity contribution in [2.24, 2.45) is 7.05 Å². The summed E-state index contributed by atoms with van der Waals surface area (Å²) < 4.78 is 26.9. The molecule has 0 bridgehead atoms. The molecule has 0 amide bonds. The van der Waals surface area contributed by atoms with Crippen molar-refractivity contribution >= 4 is 16.0 Å². The second-order valence-corrected chi connectivity index (χ2v) is 6.24. The van der Waals surface area contributed by atoms with Crippen molar-refractivity contribution in [1.29, 1.82) is 0 Å². The Kier molecular flexibility index (Phi) is 4.53. The maximum Gasteiger partial charge on any atom is 0.277 e. The van der Waals surface area contributed by atoms with Gasteiger partial charge in [0.25, 0.3) is 16.0 Å². The monoisotopic (exact) mass is 310 g/mol. The Balaban J connectivity index is 2.25. The highest BCUT2D eigenvalue weighted by Gasteiger charge is 2.18. The maximum absolute atomic E-state index is 12.3. The van der Waals surface area contributed by atoms with Gasteiger partial charge in [-0.15, -0.1) is 5.10 Å². The molecule has 0 saturated heterocycles. The number of hydrogen-bond acceptors (Lipinski definition) is 6. The van der Waals surface area contributed by atoms with Gasteiger partial charge in [-0.1, -0.05) is 24.2 Å². The molecule has 1 aromatic carbocycles. The van der Waals surface area contributed by atoms with E-state index >= 15 is 0 Å². The second-order valence-electron chi connectivity index (χ2n) is 4.56. The van der Waals surface area contributed by atoms with Gasteiger partial charge in [0.1, 0.15) is 0 Å². The molecule has 2 N–H and O–H groups in total. The highest BCUT2D eigenvalue weighted by molar-refractivity contribution is 7.92. The number of benzene rings is 1. The summed E-state index contributed by atoms with van der Waals surface area (Å²) in [5.41, 5.74) is 0.895. The lowest BCUT2D eigenvalue weighted by Crippen LogP contribution is -2.19. The summed E-state index contributed by atoms with van der Waals surface area (Å²) in [5, 5.41) is 14.2. The molecule has 9 heteroatoms. The summed E-state index contributed by atoms with van der Waals surface area (Å²) in [6.45, 7) is 4.78. The summed E-state index contributed by atoms with van der Waals surface area (Å²) in [6.07, 6.45) is 0. The van der Waals surface area contributed by atoms with Gasteiger partial charge in [0.15, 0.2) is 0 Å². The number of nitrogens with zero attached hydrogens (tertiary/aromatic N) is 4. The van der Waals surface area contributed by atoms with Gasteiger partial charge in [0.05, 0.1) is 11.9 Å². The number of sulfonamides is 1. The van der Waals surface area contributed by atoms with Crippen LogP contribution in [0.2, 0.25) is 0 Å². The van der Waals surface area contributed by atoms with Crippen LogP contribution in [0.3, 0.4) is 0 Å². The fraction of sp³-hybridized carbons (Fsp3) is 0.417. The Bertz CT molecular complexity index is 712. The molecule has 1 heterocycles. The van der Waals surface area contributed by atoms with Crippen molar-refractivity contribution in [3.8, 4) is 0 Å². The van der Waals surface area contributed by atoms with E-state index in [0.29, 0.717) is 0 Å². The van der Waals surface area contributed by atoms with Crippen LogP contribution in [0.5, 0.6) is 0 Å². The number of anilines is 1. The first-order valence-electron chi connectivity index (χ1n) is 6.52. The number of nitrogens with one attached hydrogen (secondary N) is 2. The number of rotatable bonds is 6. The summed E-state index contributed by atoms with van der Waals surface area (Å²) in [7, 11) is -2.17. The van der Waals surface area contributed by atoms with Crippen LogP contribution in [0.15, 0.2) is 29.2 Å². The minimum atomic E-state index is -3.73. The standard InChI is InChI=1S/C12H18N6O2S/c1-4-13-9(2)10-6-5-7-11(8-10)21(19,20)16-12-14-17-18(3)15-12/h5-9,13H,4H2,1-3H3,(H,15,16). The molecule has 0 aliphatic heterocycles. The molecule has 114 valence electrons. The van der Waals surface area contributed by atoms with Crippen molar-refractivity contribution in [3.63, 3.8) is 0 Å². The molecule has 8 nitrogen and oxygen atoms in total. The first kappa shape index (κ1) is 15.4. The van der Waals surface area contributed by atoms with Gasteiger partial charge in [-0.3, -0.25) is 0 Å². The lowest BCUT2D eigenvalue weighted by atomic mass is 10.1. The van der Waals surface area contributed by atoms with Crippen LogP contribution in [0.4, 0.5) is 5.95 Å². The van der Waals surface area contributed by atoms with Gasteiger partial charge in [-0.05, 0) is 36.4 Å². The van der Waals surface area contributed by atoms with E-state index < -0.39 is 10.0 Å². The van der Waals surface area contributed by atoms with Crippen LogP contribution in [0.1, 0.15) is 25.5 Å². The first-order chi connectivity index (χ1) is 9.92. The van der Waals surface area contributed by atoms with E-state index in [-0.39, 0.29) is 16.9 Å². The van der Waals surface area contributed by atoms with Crippen LogP contribution >= 0.6 is 0 Å². The van der Waals surface area contributed by atoms with Crippen molar-refractivity contribution in [2.75, 3.05) is 11.3 Å². The maximum atomic E-state index is 12.3. The predicted octanol–water partition coefficient (Wildman–Crippen LogP) is 0.681. The van der Waals surface area contributed by atoms with E-state index in [2.05, 4.69) is 25.4 Å². The molecule has 2 aromatic rings. The van der Waals surface area contributed by atoms with E-state index in [1.165, 1.54) is 10.9 Å². The predicted molar refractivity (Wildman–Crippen MR) is 78.1 cm³/mol. The molecule has 2 rings (SSSR count). The van der Waals surface area contributed by atoms with Gasteiger partial charge in [0, 0.05) is 6.04 Å². The average molecular weight is 310 g/mol. The molecular weight excluding hydrogens is 292 g/mol. The highest BCUT2D eigenvalue weighted by atomic mass is 32.2. The SMILES string of the molecule is CCNC(C)c1cccc(S(=O)(=O)Nc2nnn(C)n2)c1. The van der Waals surface area contributed by atoms with Crippen molar-refractivity contribution in [1.82, 2.24) is 25.5 Å². The van der Waals surface area contributed by atoms with Gasteiger partial charge in [0.2, 0.25) is 0 Å². The number of aryl methyl sites for hydroxylation is 1. The van der Waals surface area contributed by atoms with E-state index in [1.807, 2.05) is 19.9 Å². The summed E-state index contributed by atoms with van der Waals surface area (Å²) in [4.78, 5) is 1.35. The fourth-order valence-corrected chi connectivity index (χ4v) is 2.87. The highest BCUT2D eigenvalue weighted by Crippen LogP contribution is 2.18. The zero-order valence-corrected chi connectivity index (χ0v) is 12.9. The van der Waals surface area contributed by atoms with E-state index in [9.17, 15) is 8.42 Å². The Hall–Kier alpha value is -2.00. The largest absolute Gasteiger partial charge is 0.310 e. The van der Waals surface area contributed by atoms with E-state index in [4.69, 9.17) is 0 Å². The van der Waals surface area contributed by atoms with Crippen molar-refractivity contribution in [3.05, 3.63) is 29.8 Å². The molecule has 0 aliphatic carbocycles. The number of aromatic nitrogens is 4. The summed E-state index contributed by atoms with van der Waals surface area (Å²) >= 11 is 0. The molecule has 0 spiro atoms. The van der Waals surface area contributed by atoms with Crippen molar-refractivity contribution < 1.29 is 8.42 Å². The van der Waals surface area contributed by atoms with Gasteiger partial charge < -0.3 is 5.32 Å². The van der Waals surface area contributed by atoms with Crippen LogP contribution in [-0.2, 0) is 17.1 Å². The minimum absolute atomic E-state index is 0.0531. The summed E-state index contributed by atoms with van der Waals surface area (Å²) in [5.74, 6) is -0.0531. The van der Waals surface area contributed by atoms with Crippen LogP contribution in [0, 0.1) is 0 Å². The molecule has 0 saturated carbocycles. The lowest BCUT2D eigenvalue weighted by Gasteiger charge is -2.14. The smallest absolute Gasteiger partial charge is 0.277 e. The topological polar surface area (TPSA) is 102 Å². The average Bonchev–Trinajstić information content (AvgIpc) is 2.84. The normalized spacial score (nSPS) is 13.1. The molecule has 1 unspecified atom stereocenters. The zero-order valence-electron chi connectivity index (χ0n) is 12.1. The van der Waals surface area contributed by atoms with Gasteiger partial charge >= 0.3 is 0 Å². The third kappa shape index (κ3) is 3.76. The molecule has 0 aliphatic rings. The molecule has 1 atom stereocenters. The Morgan fingerprint density at radius 2 is 2.14 bits per heavy atom. The lowest BCUT2D eigenvalue weighted by molar-refractivity contribution is 0.592. The zero-order chi connectivity index (χ0) is 15.5. The van der Waals surface area contributed by atoms with Crippen LogP contribution < -0.4 is 10.0 Å². The van der Waals surface area contributed by atoms with Crippen LogP contribution in [-0.4, -0.2) is 35.2 Å². The Morgan fingerprint density at radius 3 is 2.76 bits per heavy atom. The Morgan fingerprint density at radius 1 is 1.38 bits per heavy atom. The number of tetrazole rings is 1. The summed E-state index contributed by atoms with van der Waals surface area (Å²) in [6, 6.07) is 6.82. The molecule has 0 fully saturated rings. The molecule has 0 radical (unpaired) electrons. The van der Waals surface area contributed by atoms with E-state index in [1.54, 1.807) is 19.2 Å². The fourth-order valence-electron chi connectivity index (χ4n) is 1.88. The second kappa shape index (κ2) is 6.19.